The summed E-state index contributed by atoms with van der Waals surface area (Å²) in [7, 11) is -3.12. The minimum Gasteiger partial charge on any atom is -0.381 e. The summed E-state index contributed by atoms with van der Waals surface area (Å²) in [6.07, 6.45) is 2.02. The first-order chi connectivity index (χ1) is 8.66. The maximum Gasteiger partial charge on any atom is 0.159 e. The van der Waals surface area contributed by atoms with Crippen LogP contribution in [0.25, 0.3) is 0 Å². The molecule has 1 N–H and O–H groups in total. The summed E-state index contributed by atoms with van der Waals surface area (Å²) in [6.45, 7) is 4.90. The summed E-state index contributed by atoms with van der Waals surface area (Å²) in [5, 5.41) is 2.64. The van der Waals surface area contributed by atoms with Crippen LogP contribution in [0.15, 0.2) is 0 Å². The van der Waals surface area contributed by atoms with E-state index in [1.165, 1.54) is 0 Å². The summed E-state index contributed by atoms with van der Waals surface area (Å²) in [4.78, 5) is 0. The molecule has 106 valence electrons. The van der Waals surface area contributed by atoms with E-state index in [-0.39, 0.29) is 11.3 Å². The topological polar surface area (TPSA) is 64.6 Å². The molecule has 2 saturated heterocycles. The van der Waals surface area contributed by atoms with Crippen LogP contribution in [0.4, 0.5) is 0 Å². The van der Waals surface area contributed by atoms with E-state index >= 15 is 0 Å². The summed E-state index contributed by atoms with van der Waals surface area (Å²) in [5.74, 6) is 0. The molecule has 2 rings (SSSR count). The van der Waals surface area contributed by atoms with Crippen LogP contribution in [-0.2, 0) is 19.3 Å². The molecule has 0 aliphatic carbocycles. The zero-order valence-electron chi connectivity index (χ0n) is 10.9. The summed E-state index contributed by atoms with van der Waals surface area (Å²) in [5.41, 5.74) is 0. The van der Waals surface area contributed by atoms with Crippen molar-refractivity contribution in [1.82, 2.24) is 5.32 Å². The number of hydrogen-bond donors (Lipinski definition) is 1. The molecule has 0 aromatic heterocycles. The van der Waals surface area contributed by atoms with Gasteiger partial charge in [0, 0.05) is 25.9 Å². The van der Waals surface area contributed by atoms with Crippen LogP contribution < -0.4 is 5.32 Å². The van der Waals surface area contributed by atoms with Crippen molar-refractivity contribution in [3.05, 3.63) is 0 Å². The molecule has 18 heavy (non-hydrogen) atoms. The van der Waals surface area contributed by atoms with E-state index in [9.17, 15) is 8.42 Å². The highest BCUT2D eigenvalue weighted by Gasteiger charge is 2.41. The Bertz CT molecular complexity index is 349. The second-order valence-electron chi connectivity index (χ2n) is 4.97. The number of rotatable bonds is 4. The van der Waals surface area contributed by atoms with Gasteiger partial charge >= 0.3 is 0 Å². The van der Waals surface area contributed by atoms with Gasteiger partial charge in [0.1, 0.15) is 5.25 Å². The van der Waals surface area contributed by atoms with Gasteiger partial charge in [0.25, 0.3) is 0 Å². The van der Waals surface area contributed by atoms with Crippen LogP contribution in [0, 0.1) is 0 Å². The van der Waals surface area contributed by atoms with Gasteiger partial charge in [-0.05, 0) is 25.8 Å². The molecule has 2 heterocycles. The number of hydrogen-bond acceptors (Lipinski definition) is 5. The zero-order valence-corrected chi connectivity index (χ0v) is 11.7. The van der Waals surface area contributed by atoms with E-state index in [4.69, 9.17) is 9.47 Å². The summed E-state index contributed by atoms with van der Waals surface area (Å²) >= 11 is 0. The SMILES string of the molecule is CCNC1CCOCC1S(=O)(=O)C1CCOCC1. The number of ether oxygens (including phenoxy) is 2. The summed E-state index contributed by atoms with van der Waals surface area (Å²) < 4.78 is 35.9. The predicted molar refractivity (Wildman–Crippen MR) is 69.4 cm³/mol. The lowest BCUT2D eigenvalue weighted by molar-refractivity contribution is 0.0779. The standard InChI is InChI=1S/C12H23NO4S/c1-2-13-11-5-8-17-9-12(11)18(14,15)10-3-6-16-7-4-10/h10-13H,2-9H2,1H3. The van der Waals surface area contributed by atoms with E-state index < -0.39 is 15.1 Å². The third-order valence-corrected chi connectivity index (χ3v) is 6.53. The molecule has 0 spiro atoms. The van der Waals surface area contributed by atoms with Crippen LogP contribution in [-0.4, -0.2) is 57.9 Å². The van der Waals surface area contributed by atoms with Crippen LogP contribution >= 0.6 is 0 Å². The molecule has 2 aliphatic rings. The molecule has 0 saturated carbocycles. The molecule has 2 fully saturated rings. The molecule has 0 aromatic carbocycles. The first-order valence-electron chi connectivity index (χ1n) is 6.78. The van der Waals surface area contributed by atoms with E-state index in [1.807, 2.05) is 6.92 Å². The van der Waals surface area contributed by atoms with E-state index in [2.05, 4.69) is 5.32 Å². The van der Waals surface area contributed by atoms with Crippen molar-refractivity contribution >= 4 is 9.84 Å². The van der Waals surface area contributed by atoms with Gasteiger partial charge in [-0.1, -0.05) is 6.92 Å². The quantitative estimate of drug-likeness (QED) is 0.803. The fourth-order valence-electron chi connectivity index (χ4n) is 2.78. The molecule has 2 atom stereocenters. The predicted octanol–water partition coefficient (Wildman–Crippen LogP) is 0.347. The van der Waals surface area contributed by atoms with E-state index in [0.717, 1.165) is 13.0 Å². The lowest BCUT2D eigenvalue weighted by Gasteiger charge is -2.35. The fraction of sp³-hybridized carbons (Fsp3) is 1.00. The molecule has 0 bridgehead atoms. The van der Waals surface area contributed by atoms with Gasteiger partial charge in [-0.3, -0.25) is 0 Å². The average molecular weight is 277 g/mol. The maximum atomic E-state index is 12.7. The molecule has 6 heteroatoms. The smallest absolute Gasteiger partial charge is 0.159 e. The zero-order chi connectivity index (χ0) is 13.0. The van der Waals surface area contributed by atoms with Crippen LogP contribution in [0.5, 0.6) is 0 Å². The van der Waals surface area contributed by atoms with E-state index in [1.54, 1.807) is 0 Å². The van der Waals surface area contributed by atoms with Crippen molar-refractivity contribution in [3.63, 3.8) is 0 Å². The first-order valence-corrected chi connectivity index (χ1v) is 8.38. The largest absolute Gasteiger partial charge is 0.381 e. The third-order valence-electron chi connectivity index (χ3n) is 3.83. The first kappa shape index (κ1) is 14.2. The van der Waals surface area contributed by atoms with Crippen molar-refractivity contribution in [3.8, 4) is 0 Å². The minimum atomic E-state index is -3.12. The Balaban J connectivity index is 2.10. The molecule has 0 amide bonds. The highest BCUT2D eigenvalue weighted by atomic mass is 32.2. The monoisotopic (exact) mass is 277 g/mol. The van der Waals surface area contributed by atoms with Gasteiger partial charge in [0.05, 0.1) is 11.9 Å². The number of sulfone groups is 1. The Morgan fingerprint density at radius 3 is 2.44 bits per heavy atom. The lowest BCUT2D eigenvalue weighted by Crippen LogP contribution is -2.53. The average Bonchev–Trinajstić information content (AvgIpc) is 2.41. The van der Waals surface area contributed by atoms with Crippen molar-refractivity contribution < 1.29 is 17.9 Å². The minimum absolute atomic E-state index is 0.0385. The normalized spacial score (nSPS) is 31.4. The van der Waals surface area contributed by atoms with Gasteiger partial charge in [-0.15, -0.1) is 0 Å². The van der Waals surface area contributed by atoms with Gasteiger partial charge in [0.2, 0.25) is 0 Å². The Labute approximate surface area is 109 Å². The lowest BCUT2D eigenvalue weighted by atomic mass is 10.1. The van der Waals surface area contributed by atoms with Crippen molar-refractivity contribution in [2.75, 3.05) is 33.0 Å². The Morgan fingerprint density at radius 2 is 1.78 bits per heavy atom. The highest BCUT2D eigenvalue weighted by molar-refractivity contribution is 7.92. The summed E-state index contributed by atoms with van der Waals surface area (Å²) in [6, 6.07) is 0.0385. The van der Waals surface area contributed by atoms with Crippen molar-refractivity contribution in [1.29, 1.82) is 0 Å². The van der Waals surface area contributed by atoms with Crippen molar-refractivity contribution in [2.45, 2.75) is 42.7 Å². The molecule has 0 aromatic rings. The number of nitrogens with one attached hydrogen (secondary N) is 1. The van der Waals surface area contributed by atoms with Gasteiger partial charge in [0.15, 0.2) is 9.84 Å². The molecule has 2 unspecified atom stereocenters. The van der Waals surface area contributed by atoms with Crippen LogP contribution in [0.3, 0.4) is 0 Å². The molecule has 5 nitrogen and oxygen atoms in total. The molecule has 0 radical (unpaired) electrons. The van der Waals surface area contributed by atoms with Gasteiger partial charge < -0.3 is 14.8 Å². The highest BCUT2D eigenvalue weighted by Crippen LogP contribution is 2.25. The molecular weight excluding hydrogens is 254 g/mol. The second kappa shape index (κ2) is 6.32. The fourth-order valence-corrected chi connectivity index (χ4v) is 5.10. The molecular formula is C12H23NO4S. The van der Waals surface area contributed by atoms with Gasteiger partial charge in [-0.25, -0.2) is 8.42 Å². The Kier molecular flexibility index (Phi) is 5.00. The second-order valence-corrected chi connectivity index (χ2v) is 7.42. The Morgan fingerprint density at radius 1 is 1.11 bits per heavy atom. The maximum absolute atomic E-state index is 12.7. The third kappa shape index (κ3) is 3.04. The van der Waals surface area contributed by atoms with Crippen molar-refractivity contribution in [2.24, 2.45) is 0 Å². The van der Waals surface area contributed by atoms with Gasteiger partial charge in [-0.2, -0.15) is 0 Å². The van der Waals surface area contributed by atoms with Crippen LogP contribution in [0.1, 0.15) is 26.2 Å². The molecule has 2 aliphatic heterocycles. The Hall–Kier alpha value is -0.170. The van der Waals surface area contributed by atoms with Crippen LogP contribution in [0.2, 0.25) is 0 Å². The van der Waals surface area contributed by atoms with E-state index in [0.29, 0.717) is 39.3 Å².